The van der Waals surface area contributed by atoms with Crippen molar-refractivity contribution in [3.8, 4) is 6.07 Å². The van der Waals surface area contributed by atoms with E-state index in [1.54, 1.807) is 0 Å². The van der Waals surface area contributed by atoms with E-state index in [0.717, 1.165) is 69.3 Å². The van der Waals surface area contributed by atoms with E-state index in [-0.39, 0.29) is 87.4 Å². The number of hydrogen-bond donors (Lipinski definition) is 1. The second-order valence-electron chi connectivity index (χ2n) is 15.1. The van der Waals surface area contributed by atoms with E-state index >= 15 is 0 Å². The van der Waals surface area contributed by atoms with Gasteiger partial charge < -0.3 is 5.32 Å². The van der Waals surface area contributed by atoms with Crippen molar-refractivity contribution < 1.29 is 33.2 Å². The maximum absolute atomic E-state index is 14.4. The van der Waals surface area contributed by atoms with E-state index in [2.05, 4.69) is 46.0 Å². The van der Waals surface area contributed by atoms with Gasteiger partial charge in [0.15, 0.2) is 5.78 Å². The van der Waals surface area contributed by atoms with Crippen molar-refractivity contribution in [1.82, 2.24) is 5.32 Å². The van der Waals surface area contributed by atoms with Crippen LogP contribution in [0, 0.1) is 62.6 Å². The molecule has 0 aromatic rings. The molecule has 0 spiro atoms. The van der Waals surface area contributed by atoms with Crippen LogP contribution in [0.15, 0.2) is 23.3 Å². The quantitative estimate of drug-likeness (QED) is 0.446. The summed E-state index contributed by atoms with van der Waals surface area (Å²) in [6.07, 6.45) is 12.3. The van der Waals surface area contributed by atoms with Crippen LogP contribution in [0.4, 0.5) is 0 Å². The number of carbonyl (C=O) groups is 3. The zero-order chi connectivity index (χ0) is 27.5. The Morgan fingerprint density at radius 2 is 1.72 bits per heavy atom. The normalized spacial score (nSPS) is 44.7. The van der Waals surface area contributed by atoms with Crippen molar-refractivity contribution in [1.29, 1.82) is 5.26 Å². The van der Waals surface area contributed by atoms with Crippen LogP contribution in [0.5, 0.6) is 0 Å². The maximum Gasteiger partial charge on any atom is 1.00 e. The van der Waals surface area contributed by atoms with Crippen LogP contribution in [0.25, 0.3) is 0 Å². The van der Waals surface area contributed by atoms with Crippen molar-refractivity contribution in [2.24, 2.45) is 45.3 Å². The number of amides is 1. The first-order valence-electron chi connectivity index (χ1n) is 14.8. The van der Waals surface area contributed by atoms with Crippen LogP contribution >= 0.6 is 0 Å². The van der Waals surface area contributed by atoms with Crippen LogP contribution in [0.2, 0.25) is 0 Å². The standard InChI is InChI=1S/C33H43N2O3.Li/c1-19-22-9-10-31(5)25(30(22,4)16-21(18-34)27(19)37)15-24(36)26-23-17-29(2,3)11-13-33(23,14-12-32(26,31)6)35-28(38)20-7-8-20;/h15-16,19-20,23,26H,7-14,17H2,1-6H3,(H,35,38);/q-1;+1/t19-,23?,26?,30-,31+,32+,33-;/m0./s1. The number of hydrogen-bond acceptors (Lipinski definition) is 4. The first kappa shape index (κ1) is 28.9. The molecule has 1 amide bonds. The molecule has 4 fully saturated rings. The van der Waals surface area contributed by atoms with Gasteiger partial charge in [-0.05, 0) is 73.2 Å². The van der Waals surface area contributed by atoms with E-state index in [1.807, 2.05) is 19.1 Å². The van der Waals surface area contributed by atoms with Gasteiger partial charge in [-0.2, -0.15) is 11.7 Å². The van der Waals surface area contributed by atoms with Gasteiger partial charge in [-0.15, -0.1) is 11.3 Å². The molecule has 6 rings (SSSR count). The summed E-state index contributed by atoms with van der Waals surface area (Å²) in [6.45, 7) is 13.4. The molecule has 0 heterocycles. The Labute approximate surface area is 246 Å². The predicted molar refractivity (Wildman–Crippen MR) is 145 cm³/mol. The number of fused-ring (bicyclic) bond motifs is 7. The average Bonchev–Trinajstić information content (AvgIpc) is 3.69. The second-order valence-corrected chi connectivity index (χ2v) is 15.1. The smallest absolute Gasteiger partial charge is 0.350 e. The molecular weight excluding hydrogens is 479 g/mol. The largest absolute Gasteiger partial charge is 1.00 e. The molecule has 5 nitrogen and oxygen atoms in total. The van der Waals surface area contributed by atoms with Crippen molar-refractivity contribution in [2.75, 3.05) is 0 Å². The zero-order valence-corrected chi connectivity index (χ0v) is 25.0. The van der Waals surface area contributed by atoms with Gasteiger partial charge in [0, 0.05) is 17.4 Å². The molecule has 0 saturated heterocycles. The van der Waals surface area contributed by atoms with Gasteiger partial charge in [-0.1, -0.05) is 59.6 Å². The monoisotopic (exact) mass is 522 g/mol. The number of nitrogens with one attached hydrogen (secondary N) is 1. The van der Waals surface area contributed by atoms with Gasteiger partial charge in [-0.3, -0.25) is 20.3 Å². The van der Waals surface area contributed by atoms with Crippen LogP contribution in [0.1, 0.15) is 99.3 Å². The molecule has 0 aliphatic heterocycles. The second kappa shape index (κ2) is 8.94. The van der Waals surface area contributed by atoms with Gasteiger partial charge in [0.25, 0.3) is 0 Å². The molecule has 0 bridgehead atoms. The Kier molecular flexibility index (Phi) is 6.62. The van der Waals surface area contributed by atoms with E-state index in [0.29, 0.717) is 0 Å². The van der Waals surface area contributed by atoms with Crippen molar-refractivity contribution in [3.05, 3.63) is 29.2 Å². The Morgan fingerprint density at radius 3 is 2.36 bits per heavy atom. The molecule has 0 radical (unpaired) electrons. The molecule has 0 aromatic carbocycles. The zero-order valence-electron chi connectivity index (χ0n) is 25.0. The average molecular weight is 523 g/mol. The van der Waals surface area contributed by atoms with Gasteiger partial charge in [0.1, 0.15) is 11.9 Å². The molecular formula is C33H43LiN2O3. The summed E-state index contributed by atoms with van der Waals surface area (Å²) in [5.41, 5.74) is 0.127. The third-order valence-corrected chi connectivity index (χ3v) is 12.5. The number of allylic oxidation sites excluding steroid dienone is 4. The molecule has 6 aliphatic carbocycles. The first-order valence-corrected chi connectivity index (χ1v) is 14.8. The predicted octanol–water partition coefficient (Wildman–Crippen LogP) is 3.06. The summed E-state index contributed by atoms with van der Waals surface area (Å²) < 4.78 is 0. The summed E-state index contributed by atoms with van der Waals surface area (Å²) in [5, 5.41) is 13.4. The summed E-state index contributed by atoms with van der Waals surface area (Å²) >= 11 is 0. The number of rotatable bonds is 2. The van der Waals surface area contributed by atoms with Gasteiger partial charge in [0.2, 0.25) is 5.91 Å². The van der Waals surface area contributed by atoms with E-state index in [9.17, 15) is 19.6 Å². The van der Waals surface area contributed by atoms with Gasteiger partial charge in [0.05, 0.1) is 5.57 Å². The summed E-state index contributed by atoms with van der Waals surface area (Å²) in [4.78, 5) is 40.5. The molecule has 7 atom stereocenters. The van der Waals surface area contributed by atoms with E-state index < -0.39 is 5.41 Å². The molecule has 6 aliphatic rings. The fourth-order valence-corrected chi connectivity index (χ4v) is 9.85. The van der Waals surface area contributed by atoms with E-state index in [1.165, 1.54) is 0 Å². The van der Waals surface area contributed by atoms with Crippen molar-refractivity contribution >= 4 is 17.5 Å². The Hall–Kier alpha value is -1.62. The van der Waals surface area contributed by atoms with Gasteiger partial charge >= 0.3 is 18.9 Å². The molecule has 4 saturated carbocycles. The number of nitriles is 1. The van der Waals surface area contributed by atoms with Crippen LogP contribution in [-0.2, 0) is 14.4 Å². The molecule has 204 valence electrons. The van der Waals surface area contributed by atoms with Gasteiger partial charge in [-0.25, -0.2) is 0 Å². The summed E-state index contributed by atoms with van der Waals surface area (Å²) in [7, 11) is 0. The van der Waals surface area contributed by atoms with Crippen molar-refractivity contribution in [2.45, 2.75) is 105 Å². The third-order valence-electron chi connectivity index (χ3n) is 12.5. The fourth-order valence-electron chi connectivity index (χ4n) is 9.85. The maximum atomic E-state index is 14.4. The first-order chi connectivity index (χ1) is 17.7. The molecule has 1 N–H and O–H groups in total. The molecule has 39 heavy (non-hydrogen) atoms. The van der Waals surface area contributed by atoms with Crippen LogP contribution in [0.3, 0.4) is 0 Å². The Balaban J connectivity index is 0.00000308. The van der Waals surface area contributed by atoms with Crippen LogP contribution in [-0.4, -0.2) is 23.0 Å². The number of ketones is 2. The van der Waals surface area contributed by atoms with Crippen molar-refractivity contribution in [3.63, 3.8) is 0 Å². The molecule has 2 unspecified atom stereocenters. The minimum atomic E-state index is -0.560. The SMILES string of the molecule is C[C@@H]1C(=O)C(C#N)=C[C@]2(C)C3=CC(=O)C4C5CC(C)(C)CC[C@]5(NC(=O)C5CC5)CC[C@@]4(C)[C@]3(C)CC[C-]12.[Li+]. The molecule has 6 heteroatoms. The number of carbonyl (C=O) groups excluding carboxylic acids is 3. The number of nitrogens with zero attached hydrogens (tertiary/aromatic N) is 1. The number of Topliss-reactive ketones (excluding diaryl/α,β-unsaturated/α-hetero) is 1. The summed E-state index contributed by atoms with van der Waals surface area (Å²) in [5.74, 6) is 1.27. The Bertz CT molecular complexity index is 1240. The van der Waals surface area contributed by atoms with E-state index in [4.69, 9.17) is 0 Å². The molecule has 0 aromatic heterocycles. The minimum Gasteiger partial charge on any atom is -0.350 e. The Morgan fingerprint density at radius 1 is 1.05 bits per heavy atom. The van der Waals surface area contributed by atoms with Crippen LogP contribution < -0.4 is 24.2 Å². The fraction of sp³-hybridized carbons (Fsp3) is 0.727. The summed E-state index contributed by atoms with van der Waals surface area (Å²) in [6, 6.07) is 2.16. The third kappa shape index (κ3) is 3.87. The minimum absolute atomic E-state index is 0. The topological polar surface area (TPSA) is 87.0 Å².